The van der Waals surface area contributed by atoms with Gasteiger partial charge in [0.05, 0.1) is 39.0 Å². The molecule has 0 aliphatic heterocycles. The molecule has 0 fully saturated rings. The molecule has 0 unspecified atom stereocenters. The van der Waals surface area contributed by atoms with E-state index in [4.69, 9.17) is 9.47 Å². The van der Waals surface area contributed by atoms with Crippen LogP contribution in [0.4, 0.5) is 5.69 Å². The SMILES string of the molecule is COC(=O)c1ccc(NC(=O)Cc2csc(-c3ccc(OC)c(OC)c3)n2)cc1. The number of methoxy groups -OCH3 is 3. The van der Waals surface area contributed by atoms with E-state index in [1.807, 2.05) is 23.6 Å². The lowest BCUT2D eigenvalue weighted by Crippen LogP contribution is -2.14. The van der Waals surface area contributed by atoms with E-state index >= 15 is 0 Å². The minimum atomic E-state index is -0.423. The number of hydrogen-bond acceptors (Lipinski definition) is 7. The molecule has 0 spiro atoms. The van der Waals surface area contributed by atoms with Crippen LogP contribution in [0.1, 0.15) is 16.1 Å². The summed E-state index contributed by atoms with van der Waals surface area (Å²) in [7, 11) is 4.49. The Morgan fingerprint density at radius 1 is 1.00 bits per heavy atom. The summed E-state index contributed by atoms with van der Waals surface area (Å²) in [6, 6.07) is 12.1. The fourth-order valence-electron chi connectivity index (χ4n) is 2.67. The van der Waals surface area contributed by atoms with Gasteiger partial charge in [0.1, 0.15) is 5.01 Å². The summed E-state index contributed by atoms with van der Waals surface area (Å²) in [6.45, 7) is 0. The second-order valence-corrected chi connectivity index (χ2v) is 6.87. The molecule has 0 bridgehead atoms. The van der Waals surface area contributed by atoms with Crippen molar-refractivity contribution in [3.05, 3.63) is 59.1 Å². The van der Waals surface area contributed by atoms with Gasteiger partial charge in [0.2, 0.25) is 5.91 Å². The number of hydrogen-bond donors (Lipinski definition) is 1. The molecule has 1 N–H and O–H groups in total. The van der Waals surface area contributed by atoms with E-state index in [9.17, 15) is 9.59 Å². The van der Waals surface area contributed by atoms with Gasteiger partial charge in [0.15, 0.2) is 11.5 Å². The zero-order valence-corrected chi connectivity index (χ0v) is 17.0. The maximum atomic E-state index is 12.3. The minimum absolute atomic E-state index is 0.141. The number of ether oxygens (including phenoxy) is 3. The number of carbonyl (C=O) groups is 2. The lowest BCUT2D eigenvalue weighted by atomic mass is 10.2. The van der Waals surface area contributed by atoms with Crippen LogP contribution in [0, 0.1) is 0 Å². The summed E-state index contributed by atoms with van der Waals surface area (Å²) in [5, 5.41) is 5.44. The molecule has 1 amide bonds. The molecule has 7 nitrogen and oxygen atoms in total. The Kier molecular flexibility index (Phi) is 6.46. The molecule has 1 aromatic heterocycles. The Labute approximate surface area is 172 Å². The third-order valence-electron chi connectivity index (χ3n) is 4.11. The zero-order valence-electron chi connectivity index (χ0n) is 16.2. The first-order chi connectivity index (χ1) is 14.0. The van der Waals surface area contributed by atoms with Crippen LogP contribution in [-0.4, -0.2) is 38.2 Å². The number of amides is 1. The number of nitrogens with zero attached hydrogens (tertiary/aromatic N) is 1. The molecule has 0 saturated heterocycles. The van der Waals surface area contributed by atoms with Gasteiger partial charge in [-0.05, 0) is 42.5 Å². The molecule has 0 aliphatic carbocycles. The molecule has 3 rings (SSSR count). The van der Waals surface area contributed by atoms with E-state index in [0.717, 1.165) is 10.6 Å². The van der Waals surface area contributed by atoms with Gasteiger partial charge < -0.3 is 19.5 Å². The van der Waals surface area contributed by atoms with Crippen LogP contribution in [-0.2, 0) is 16.0 Å². The average molecular weight is 412 g/mol. The molecule has 150 valence electrons. The van der Waals surface area contributed by atoms with Gasteiger partial charge in [0, 0.05) is 16.6 Å². The second-order valence-electron chi connectivity index (χ2n) is 6.01. The highest BCUT2D eigenvalue weighted by molar-refractivity contribution is 7.13. The van der Waals surface area contributed by atoms with Crippen molar-refractivity contribution in [2.45, 2.75) is 6.42 Å². The van der Waals surface area contributed by atoms with Crippen molar-refractivity contribution in [3.8, 4) is 22.1 Å². The molecule has 0 radical (unpaired) electrons. The number of carbonyl (C=O) groups excluding carboxylic acids is 2. The summed E-state index contributed by atoms with van der Waals surface area (Å²) in [5.74, 6) is 0.647. The normalized spacial score (nSPS) is 10.3. The Bertz CT molecular complexity index is 1010. The van der Waals surface area contributed by atoms with Crippen molar-refractivity contribution in [2.24, 2.45) is 0 Å². The van der Waals surface area contributed by atoms with Crippen LogP contribution in [0.2, 0.25) is 0 Å². The van der Waals surface area contributed by atoms with Crippen LogP contribution in [0.5, 0.6) is 11.5 Å². The Morgan fingerprint density at radius 2 is 1.72 bits per heavy atom. The van der Waals surface area contributed by atoms with E-state index < -0.39 is 5.97 Å². The first-order valence-electron chi connectivity index (χ1n) is 8.69. The number of rotatable bonds is 7. The number of esters is 1. The highest BCUT2D eigenvalue weighted by Gasteiger charge is 2.12. The highest BCUT2D eigenvalue weighted by Crippen LogP contribution is 2.33. The Balaban J connectivity index is 1.65. The van der Waals surface area contributed by atoms with Crippen LogP contribution in [0.3, 0.4) is 0 Å². The lowest BCUT2D eigenvalue weighted by molar-refractivity contribution is -0.115. The fourth-order valence-corrected chi connectivity index (χ4v) is 3.48. The minimum Gasteiger partial charge on any atom is -0.493 e. The fraction of sp³-hybridized carbons (Fsp3) is 0.190. The third kappa shape index (κ3) is 4.91. The van der Waals surface area contributed by atoms with Gasteiger partial charge >= 0.3 is 5.97 Å². The van der Waals surface area contributed by atoms with E-state index in [2.05, 4.69) is 15.0 Å². The van der Waals surface area contributed by atoms with Crippen LogP contribution < -0.4 is 14.8 Å². The molecule has 2 aromatic carbocycles. The summed E-state index contributed by atoms with van der Waals surface area (Å²) in [4.78, 5) is 28.3. The maximum Gasteiger partial charge on any atom is 0.337 e. The molecular weight excluding hydrogens is 392 g/mol. The molecule has 0 saturated carbocycles. The topological polar surface area (TPSA) is 86.8 Å². The summed E-state index contributed by atoms with van der Waals surface area (Å²) in [5.41, 5.74) is 2.57. The zero-order chi connectivity index (χ0) is 20.8. The molecule has 0 atom stereocenters. The van der Waals surface area contributed by atoms with Gasteiger partial charge in [-0.3, -0.25) is 4.79 Å². The summed E-state index contributed by atoms with van der Waals surface area (Å²) < 4.78 is 15.2. The maximum absolute atomic E-state index is 12.3. The number of anilines is 1. The van der Waals surface area contributed by atoms with Crippen LogP contribution >= 0.6 is 11.3 Å². The molecule has 29 heavy (non-hydrogen) atoms. The van der Waals surface area contributed by atoms with E-state index in [1.165, 1.54) is 18.4 Å². The van der Waals surface area contributed by atoms with Gasteiger partial charge in [-0.1, -0.05) is 0 Å². The Hall–Kier alpha value is -3.39. The van der Waals surface area contributed by atoms with Crippen molar-refractivity contribution in [1.29, 1.82) is 0 Å². The molecule has 0 aliphatic rings. The monoisotopic (exact) mass is 412 g/mol. The smallest absolute Gasteiger partial charge is 0.337 e. The summed E-state index contributed by atoms with van der Waals surface area (Å²) >= 11 is 1.45. The van der Waals surface area contributed by atoms with E-state index in [-0.39, 0.29) is 12.3 Å². The molecule has 3 aromatic rings. The van der Waals surface area contributed by atoms with Gasteiger partial charge in [-0.25, -0.2) is 9.78 Å². The predicted octanol–water partition coefficient (Wildman–Crippen LogP) is 3.80. The van der Waals surface area contributed by atoms with Crippen molar-refractivity contribution in [3.63, 3.8) is 0 Å². The van der Waals surface area contributed by atoms with Gasteiger partial charge in [-0.2, -0.15) is 0 Å². The number of benzene rings is 2. The first kappa shape index (κ1) is 20.3. The Morgan fingerprint density at radius 3 is 2.38 bits per heavy atom. The van der Waals surface area contributed by atoms with Gasteiger partial charge in [-0.15, -0.1) is 11.3 Å². The van der Waals surface area contributed by atoms with Crippen molar-refractivity contribution >= 4 is 28.9 Å². The standard InChI is InChI=1S/C21H20N2O5S/c1-26-17-9-6-14(10-18(17)27-2)20-23-16(12-29-20)11-19(24)22-15-7-4-13(5-8-15)21(25)28-3/h4-10,12H,11H2,1-3H3,(H,22,24). The lowest BCUT2D eigenvalue weighted by Gasteiger charge is -2.08. The number of nitrogens with one attached hydrogen (secondary N) is 1. The van der Waals surface area contributed by atoms with Crippen molar-refractivity contribution < 1.29 is 23.8 Å². The second kappa shape index (κ2) is 9.20. The number of thiazole rings is 1. The van der Waals surface area contributed by atoms with Gasteiger partial charge in [0.25, 0.3) is 0 Å². The van der Waals surface area contributed by atoms with Crippen LogP contribution in [0.15, 0.2) is 47.8 Å². The predicted molar refractivity (Wildman–Crippen MR) is 111 cm³/mol. The highest BCUT2D eigenvalue weighted by atomic mass is 32.1. The van der Waals surface area contributed by atoms with Crippen molar-refractivity contribution in [2.75, 3.05) is 26.6 Å². The third-order valence-corrected chi connectivity index (χ3v) is 5.05. The quantitative estimate of drug-likeness (QED) is 0.594. The van der Waals surface area contributed by atoms with E-state index in [0.29, 0.717) is 28.4 Å². The summed E-state index contributed by atoms with van der Waals surface area (Å²) in [6.07, 6.45) is 0.141. The van der Waals surface area contributed by atoms with Crippen molar-refractivity contribution in [1.82, 2.24) is 4.98 Å². The van der Waals surface area contributed by atoms with Crippen LogP contribution in [0.25, 0.3) is 10.6 Å². The largest absolute Gasteiger partial charge is 0.493 e. The molecular formula is C21H20N2O5S. The number of aromatic nitrogens is 1. The van der Waals surface area contributed by atoms with E-state index in [1.54, 1.807) is 38.5 Å². The molecule has 8 heteroatoms. The molecule has 1 heterocycles. The average Bonchev–Trinajstić information content (AvgIpc) is 3.21. The first-order valence-corrected chi connectivity index (χ1v) is 9.57.